The average Bonchev–Trinajstić information content (AvgIpc) is 3.51. The quantitative estimate of drug-likeness (QED) is 0.853. The summed E-state index contributed by atoms with van der Waals surface area (Å²) in [6.45, 7) is 3.22. The van der Waals surface area contributed by atoms with E-state index in [9.17, 15) is 4.79 Å². The molecule has 0 unspecified atom stereocenters. The molecule has 1 N–H and O–H groups in total. The third-order valence-electron chi connectivity index (χ3n) is 6.36. The zero-order chi connectivity index (χ0) is 19.6. The van der Waals surface area contributed by atoms with Crippen molar-refractivity contribution in [3.63, 3.8) is 0 Å². The molecule has 2 aromatic rings. The molecule has 7 heteroatoms. The number of carbonyl (C=O) groups is 1. The van der Waals surface area contributed by atoms with Gasteiger partial charge in [0.1, 0.15) is 0 Å². The van der Waals surface area contributed by atoms with Crippen LogP contribution < -0.4 is 10.2 Å². The molecule has 0 radical (unpaired) electrons. The topological polar surface area (TPSA) is 74.5 Å². The number of urea groups is 1. The maximum absolute atomic E-state index is 12.5. The van der Waals surface area contributed by atoms with E-state index in [2.05, 4.69) is 44.6 Å². The Hall–Kier alpha value is -2.57. The number of rotatable bonds is 4. The number of aromatic nitrogens is 2. The molecule has 0 atom stereocenters. The van der Waals surface area contributed by atoms with E-state index in [4.69, 9.17) is 4.52 Å². The van der Waals surface area contributed by atoms with Gasteiger partial charge in [0.15, 0.2) is 0 Å². The van der Waals surface area contributed by atoms with Gasteiger partial charge in [0.25, 0.3) is 0 Å². The van der Waals surface area contributed by atoms with Crippen molar-refractivity contribution >= 4 is 11.7 Å². The van der Waals surface area contributed by atoms with Crippen LogP contribution in [0.2, 0.25) is 0 Å². The van der Waals surface area contributed by atoms with Crippen molar-refractivity contribution in [3.8, 4) is 11.4 Å². The smallest absolute Gasteiger partial charge is 0.317 e. The largest absolute Gasteiger partial charge is 0.368 e. The minimum absolute atomic E-state index is 0.107. The number of anilines is 1. The highest BCUT2D eigenvalue weighted by atomic mass is 16.5. The predicted molar refractivity (Wildman–Crippen MR) is 111 cm³/mol. The van der Waals surface area contributed by atoms with Crippen LogP contribution in [-0.4, -0.2) is 53.3 Å². The summed E-state index contributed by atoms with van der Waals surface area (Å²) in [6.07, 6.45) is 8.34. The fourth-order valence-corrected chi connectivity index (χ4v) is 4.35. The number of carbonyl (C=O) groups excluding carboxylic acids is 1. The van der Waals surface area contributed by atoms with Gasteiger partial charge in [-0.3, -0.25) is 0 Å². The maximum Gasteiger partial charge on any atom is 0.317 e. The maximum atomic E-state index is 12.5. The summed E-state index contributed by atoms with van der Waals surface area (Å²) >= 11 is 0. The first-order valence-corrected chi connectivity index (χ1v) is 11.0. The van der Waals surface area contributed by atoms with Crippen molar-refractivity contribution in [1.29, 1.82) is 0 Å². The van der Waals surface area contributed by atoms with Crippen LogP contribution in [0.15, 0.2) is 28.8 Å². The Morgan fingerprint density at radius 2 is 1.69 bits per heavy atom. The van der Waals surface area contributed by atoms with E-state index in [0.29, 0.717) is 17.8 Å². The summed E-state index contributed by atoms with van der Waals surface area (Å²) in [5.74, 6) is 1.91. The lowest BCUT2D eigenvalue weighted by atomic mass is 9.96. The highest BCUT2D eigenvalue weighted by Crippen LogP contribution is 2.39. The van der Waals surface area contributed by atoms with Crippen LogP contribution in [0, 0.1) is 0 Å². The van der Waals surface area contributed by atoms with Gasteiger partial charge in [0.2, 0.25) is 11.7 Å². The van der Waals surface area contributed by atoms with Gasteiger partial charge in [-0.25, -0.2) is 4.79 Å². The third kappa shape index (κ3) is 4.23. The van der Waals surface area contributed by atoms with E-state index < -0.39 is 0 Å². The van der Waals surface area contributed by atoms with Crippen molar-refractivity contribution in [3.05, 3.63) is 30.2 Å². The Kier molecular flexibility index (Phi) is 5.12. The summed E-state index contributed by atoms with van der Waals surface area (Å²) in [7, 11) is 0. The molecular formula is C22H29N5O2. The van der Waals surface area contributed by atoms with Gasteiger partial charge in [-0.15, -0.1) is 0 Å². The van der Waals surface area contributed by atoms with Gasteiger partial charge in [0.05, 0.1) is 0 Å². The average molecular weight is 396 g/mol. The number of benzene rings is 1. The summed E-state index contributed by atoms with van der Waals surface area (Å²) in [5.41, 5.74) is 2.15. The Labute approximate surface area is 171 Å². The first-order chi connectivity index (χ1) is 14.3. The van der Waals surface area contributed by atoms with E-state index in [0.717, 1.165) is 63.3 Å². The molecule has 5 rings (SSSR count). The molecule has 3 aliphatic rings. The number of hydrogen-bond donors (Lipinski definition) is 1. The molecule has 2 aliphatic carbocycles. The number of nitrogens with zero attached hydrogens (tertiary/aromatic N) is 4. The van der Waals surface area contributed by atoms with Crippen molar-refractivity contribution in [2.45, 2.75) is 56.9 Å². The highest BCUT2D eigenvalue weighted by molar-refractivity contribution is 5.75. The summed E-state index contributed by atoms with van der Waals surface area (Å²) in [6, 6.07) is 8.81. The van der Waals surface area contributed by atoms with Crippen LogP contribution >= 0.6 is 0 Å². The summed E-state index contributed by atoms with van der Waals surface area (Å²) in [5, 5.41) is 7.35. The molecule has 2 saturated carbocycles. The van der Waals surface area contributed by atoms with Gasteiger partial charge in [0, 0.05) is 49.4 Å². The zero-order valence-corrected chi connectivity index (χ0v) is 16.8. The van der Waals surface area contributed by atoms with Gasteiger partial charge in [-0.05, 0) is 49.9 Å². The Morgan fingerprint density at radius 1 is 0.966 bits per heavy atom. The molecular weight excluding hydrogens is 366 g/mol. The van der Waals surface area contributed by atoms with E-state index >= 15 is 0 Å². The van der Waals surface area contributed by atoms with Gasteiger partial charge in [-0.2, -0.15) is 4.98 Å². The number of piperazine rings is 1. The first kappa shape index (κ1) is 18.5. The normalized spacial score (nSPS) is 20.7. The molecule has 2 heterocycles. The lowest BCUT2D eigenvalue weighted by Gasteiger charge is -2.37. The van der Waals surface area contributed by atoms with Crippen molar-refractivity contribution in [1.82, 2.24) is 20.4 Å². The molecule has 1 saturated heterocycles. The Morgan fingerprint density at radius 3 is 2.38 bits per heavy atom. The van der Waals surface area contributed by atoms with Gasteiger partial charge < -0.3 is 19.6 Å². The molecule has 0 bridgehead atoms. The second-order valence-corrected chi connectivity index (χ2v) is 8.54. The highest BCUT2D eigenvalue weighted by Gasteiger charge is 2.30. The van der Waals surface area contributed by atoms with Crippen LogP contribution in [0.4, 0.5) is 10.5 Å². The number of amides is 2. The van der Waals surface area contributed by atoms with Crippen LogP contribution in [0.5, 0.6) is 0 Å². The van der Waals surface area contributed by atoms with E-state index in [1.54, 1.807) is 0 Å². The standard InChI is InChI=1S/C22H29N5O2/c28-22(23-18-4-2-1-3-5-18)27-14-12-26(13-15-27)19-10-8-16(9-11-19)20-24-21(29-25-20)17-6-7-17/h8-11,17-18H,1-7,12-15H2,(H,23,28). The summed E-state index contributed by atoms with van der Waals surface area (Å²) in [4.78, 5) is 21.3. The monoisotopic (exact) mass is 395 g/mol. The van der Waals surface area contributed by atoms with E-state index in [1.165, 1.54) is 24.9 Å². The first-order valence-electron chi connectivity index (χ1n) is 11.0. The second kappa shape index (κ2) is 8.05. The molecule has 2 amide bonds. The SMILES string of the molecule is O=C(NC1CCCCC1)N1CCN(c2ccc(-c3noc(C4CC4)n3)cc2)CC1. The lowest BCUT2D eigenvalue weighted by molar-refractivity contribution is 0.186. The molecule has 154 valence electrons. The molecule has 1 aromatic heterocycles. The third-order valence-corrected chi connectivity index (χ3v) is 6.36. The summed E-state index contributed by atoms with van der Waals surface area (Å²) < 4.78 is 5.36. The van der Waals surface area contributed by atoms with Crippen molar-refractivity contribution in [2.75, 3.05) is 31.1 Å². The minimum atomic E-state index is 0.107. The fraction of sp³-hybridized carbons (Fsp3) is 0.591. The Balaban J connectivity index is 1.14. The van der Waals surface area contributed by atoms with Gasteiger partial charge >= 0.3 is 6.03 Å². The van der Waals surface area contributed by atoms with E-state index in [-0.39, 0.29) is 6.03 Å². The molecule has 3 fully saturated rings. The van der Waals surface area contributed by atoms with E-state index in [1.807, 2.05) is 4.90 Å². The van der Waals surface area contributed by atoms with Gasteiger partial charge in [-0.1, -0.05) is 24.4 Å². The minimum Gasteiger partial charge on any atom is -0.368 e. The fourth-order valence-electron chi connectivity index (χ4n) is 4.35. The molecule has 7 nitrogen and oxygen atoms in total. The van der Waals surface area contributed by atoms with Crippen molar-refractivity contribution < 1.29 is 9.32 Å². The lowest BCUT2D eigenvalue weighted by Crippen LogP contribution is -2.53. The second-order valence-electron chi connectivity index (χ2n) is 8.54. The van der Waals surface area contributed by atoms with Crippen LogP contribution in [0.25, 0.3) is 11.4 Å². The molecule has 0 spiro atoms. The number of nitrogens with one attached hydrogen (secondary N) is 1. The van der Waals surface area contributed by atoms with Crippen LogP contribution in [0.1, 0.15) is 56.8 Å². The molecule has 1 aromatic carbocycles. The zero-order valence-electron chi connectivity index (χ0n) is 16.8. The molecule has 1 aliphatic heterocycles. The Bertz CT molecular complexity index is 831. The van der Waals surface area contributed by atoms with Crippen molar-refractivity contribution in [2.24, 2.45) is 0 Å². The predicted octanol–water partition coefficient (Wildman–Crippen LogP) is 3.78. The number of hydrogen-bond acceptors (Lipinski definition) is 5. The molecule has 29 heavy (non-hydrogen) atoms. The van der Waals surface area contributed by atoms with Crippen LogP contribution in [-0.2, 0) is 0 Å². The van der Waals surface area contributed by atoms with Crippen LogP contribution in [0.3, 0.4) is 0 Å².